The Hall–Kier alpha value is -2.30. The first-order valence-electron chi connectivity index (χ1n) is 24.8. The van der Waals surface area contributed by atoms with E-state index in [1.165, 1.54) is 0 Å². The minimum absolute atomic E-state index is 0.0104. The van der Waals surface area contributed by atoms with E-state index < -0.39 is 49.5 Å². The molecule has 2 N–H and O–H groups in total. The number of Topliss-reactive ketones (excluding diaryl/α,β-unsaturated/α-hetero) is 2. The van der Waals surface area contributed by atoms with Gasteiger partial charge in [0, 0.05) is 36.6 Å². The third kappa shape index (κ3) is 7.88. The molecule has 1 heterocycles. The van der Waals surface area contributed by atoms with Crippen LogP contribution in [0.1, 0.15) is 197 Å². The van der Waals surface area contributed by atoms with Crippen LogP contribution < -0.4 is 10.0 Å². The zero-order valence-corrected chi connectivity index (χ0v) is 40.2. The lowest BCUT2D eigenvalue weighted by Crippen LogP contribution is -2.53. The highest BCUT2D eigenvalue weighted by Gasteiger charge is 2.85. The van der Waals surface area contributed by atoms with Crippen LogP contribution in [0.5, 0.6) is 0 Å². The summed E-state index contributed by atoms with van der Waals surface area (Å²) in [5.41, 5.74) is -1.99. The first kappa shape index (κ1) is 46.7. The van der Waals surface area contributed by atoms with Crippen molar-refractivity contribution >= 4 is 39.3 Å². The minimum Gasteiger partial charge on any atom is -0.346 e. The van der Waals surface area contributed by atoms with Gasteiger partial charge in [-0.3, -0.25) is 28.7 Å². The molecule has 6 aliphatic carbocycles. The fourth-order valence-corrected chi connectivity index (χ4v) is 16.2. The van der Waals surface area contributed by atoms with Crippen molar-refractivity contribution < 1.29 is 32.4 Å². The minimum atomic E-state index is -3.91. The average Bonchev–Trinajstić information content (AvgIpc) is 4.13. The van der Waals surface area contributed by atoms with Gasteiger partial charge in [0.05, 0.1) is 22.2 Å². The molecule has 0 radical (unpaired) electrons. The molecule has 7 rings (SSSR count). The van der Waals surface area contributed by atoms with Crippen molar-refractivity contribution in [3.8, 4) is 0 Å². The van der Waals surface area contributed by atoms with Crippen molar-refractivity contribution in [1.29, 1.82) is 0 Å². The van der Waals surface area contributed by atoms with Crippen LogP contribution in [0.25, 0.3) is 0 Å². The van der Waals surface area contributed by atoms with Gasteiger partial charge in [-0.05, 0) is 111 Å². The summed E-state index contributed by atoms with van der Waals surface area (Å²) in [5.74, 6) is -1.26. The Morgan fingerprint density at radius 1 is 0.820 bits per heavy atom. The third-order valence-electron chi connectivity index (χ3n) is 19.0. The van der Waals surface area contributed by atoms with Gasteiger partial charge in [-0.1, -0.05) is 114 Å². The highest BCUT2D eigenvalue weighted by Crippen LogP contribution is 2.88. The molecule has 1 unspecified atom stereocenters. The van der Waals surface area contributed by atoms with Crippen LogP contribution in [-0.2, 0) is 34.0 Å². The number of carbonyl (C=O) groups excluding carboxylic acids is 5. The molecule has 10 nitrogen and oxygen atoms in total. The maximum absolute atomic E-state index is 15.5. The fourth-order valence-electron chi connectivity index (χ4n) is 14.4. The maximum Gasteiger partial charge on any atom is 0.240 e. The van der Waals surface area contributed by atoms with Crippen LogP contribution in [0.4, 0.5) is 0 Å². The second kappa shape index (κ2) is 16.6. The molecule has 7 aliphatic rings. The standard InChI is InChI=1S/C50H81N3O7S/c1-10-22-47(25-26-47)61(59,60)52-44(58)48(28-34(48)11-2)30-40(55)38-29-50(46(8,9)49(50)23-17-24-49)31-53(38)43(57)37(45(5,6)7)27-39(54)41(33-18-13-12-14-19-33)51-42(56)36-21-16-15-20-35(36)32(3)4/h32-38,41H,10-31H2,1-9H3,(H,51,56)(H,52,58)/t34-,35?,36-,37-,38+,41+,48-,50-/m1/s1. The first-order chi connectivity index (χ1) is 28.6. The van der Waals surface area contributed by atoms with Crippen LogP contribution in [0, 0.1) is 62.6 Å². The van der Waals surface area contributed by atoms with E-state index in [0.717, 1.165) is 77.0 Å². The Balaban J connectivity index is 1.15. The van der Waals surface area contributed by atoms with E-state index in [9.17, 15) is 22.8 Å². The number of rotatable bonds is 17. The number of hydrogen-bond acceptors (Lipinski definition) is 7. The Bertz CT molecular complexity index is 1840. The Morgan fingerprint density at radius 3 is 1.98 bits per heavy atom. The van der Waals surface area contributed by atoms with E-state index in [1.807, 2.05) is 39.5 Å². The normalized spacial score (nSPS) is 33.4. The van der Waals surface area contributed by atoms with Gasteiger partial charge in [0.25, 0.3) is 0 Å². The van der Waals surface area contributed by atoms with Crippen molar-refractivity contribution in [3.63, 3.8) is 0 Å². The molecule has 7 fully saturated rings. The van der Waals surface area contributed by atoms with Gasteiger partial charge in [-0.2, -0.15) is 0 Å². The molecule has 0 bridgehead atoms. The van der Waals surface area contributed by atoms with E-state index in [2.05, 4.69) is 37.7 Å². The van der Waals surface area contributed by atoms with Gasteiger partial charge in [0.15, 0.2) is 11.6 Å². The van der Waals surface area contributed by atoms with Crippen LogP contribution in [-0.4, -0.2) is 66.0 Å². The summed E-state index contributed by atoms with van der Waals surface area (Å²) in [5, 5.41) is 3.33. The predicted octanol–water partition coefficient (Wildman–Crippen LogP) is 9.09. The number of nitrogens with one attached hydrogen (secondary N) is 2. The second-order valence-electron chi connectivity index (χ2n) is 23.6. The lowest BCUT2D eigenvalue weighted by molar-refractivity contribution is -0.147. The van der Waals surface area contributed by atoms with Gasteiger partial charge in [0.1, 0.15) is 0 Å². The molecule has 2 spiro atoms. The molecular formula is C50H81N3O7S. The SMILES string of the molecule is CCCC1(S(=O)(=O)NC(=O)[C@@]2(CC(=O)[C@@H]3C[C@@]4(CN3C(=O)[C@@H](CC(=O)[C@@H](NC(=O)[C@@H]3CCCCC3C(C)C)C3CCCCC3)C(C)(C)C)C(C)(C)C43CCC3)C[C@H]2CC)CC1. The van der Waals surface area contributed by atoms with Gasteiger partial charge in [0.2, 0.25) is 27.7 Å². The molecule has 1 aliphatic heterocycles. The van der Waals surface area contributed by atoms with Gasteiger partial charge in [-0.15, -0.1) is 0 Å². The van der Waals surface area contributed by atoms with Crippen molar-refractivity contribution in [3.05, 3.63) is 0 Å². The number of nitrogens with zero attached hydrogens (tertiary/aromatic N) is 1. The van der Waals surface area contributed by atoms with Crippen LogP contribution in [0.15, 0.2) is 0 Å². The van der Waals surface area contributed by atoms with Crippen LogP contribution >= 0.6 is 0 Å². The molecule has 1 saturated heterocycles. The number of fused-ring (bicyclic) bond motifs is 1. The molecule has 344 valence electrons. The molecule has 8 atom stereocenters. The molecule has 11 heteroatoms. The molecule has 3 amide bonds. The lowest BCUT2D eigenvalue weighted by atomic mass is 9.72. The number of hydrogen-bond donors (Lipinski definition) is 2. The summed E-state index contributed by atoms with van der Waals surface area (Å²) in [6.45, 7) is 19.4. The topological polar surface area (TPSA) is 147 Å². The molecule has 0 aromatic heterocycles. The molecule has 6 saturated carbocycles. The summed E-state index contributed by atoms with van der Waals surface area (Å²) in [4.78, 5) is 75.5. The zero-order chi connectivity index (χ0) is 44.6. The van der Waals surface area contributed by atoms with E-state index in [4.69, 9.17) is 0 Å². The highest BCUT2D eigenvalue weighted by molar-refractivity contribution is 7.91. The summed E-state index contributed by atoms with van der Waals surface area (Å²) in [6, 6.07) is -1.40. The summed E-state index contributed by atoms with van der Waals surface area (Å²) >= 11 is 0. The number of ketones is 2. The smallest absolute Gasteiger partial charge is 0.240 e. The van der Waals surface area contributed by atoms with Gasteiger partial charge < -0.3 is 10.2 Å². The first-order valence-corrected chi connectivity index (χ1v) is 26.3. The number of carbonyl (C=O) groups is 5. The van der Waals surface area contributed by atoms with Crippen molar-refractivity contribution in [2.45, 2.75) is 214 Å². The van der Waals surface area contributed by atoms with Crippen molar-refractivity contribution in [2.75, 3.05) is 6.54 Å². The van der Waals surface area contributed by atoms with Gasteiger partial charge in [-0.25, -0.2) is 8.42 Å². The van der Waals surface area contributed by atoms with Crippen LogP contribution in [0.3, 0.4) is 0 Å². The lowest BCUT2D eigenvalue weighted by Gasteiger charge is -2.38. The second-order valence-corrected chi connectivity index (χ2v) is 25.7. The maximum atomic E-state index is 15.5. The number of likely N-dealkylation sites (tertiary alicyclic amines) is 1. The summed E-state index contributed by atoms with van der Waals surface area (Å²) in [6.07, 6.45) is 16.0. The highest BCUT2D eigenvalue weighted by atomic mass is 32.2. The monoisotopic (exact) mass is 868 g/mol. The van der Waals surface area contributed by atoms with Crippen molar-refractivity contribution in [2.24, 2.45) is 62.6 Å². The number of amides is 3. The Kier molecular flexibility index (Phi) is 12.7. The molecule has 61 heavy (non-hydrogen) atoms. The predicted molar refractivity (Wildman–Crippen MR) is 238 cm³/mol. The van der Waals surface area contributed by atoms with Crippen LogP contribution in [0.2, 0.25) is 0 Å². The fraction of sp³-hybridized carbons (Fsp3) is 0.900. The van der Waals surface area contributed by atoms with E-state index in [-0.39, 0.29) is 76.1 Å². The van der Waals surface area contributed by atoms with E-state index >= 15 is 9.59 Å². The van der Waals surface area contributed by atoms with Gasteiger partial charge >= 0.3 is 0 Å². The quantitative estimate of drug-likeness (QED) is 0.148. The van der Waals surface area contributed by atoms with E-state index in [1.54, 1.807) is 0 Å². The zero-order valence-electron chi connectivity index (χ0n) is 39.4. The third-order valence-corrected chi connectivity index (χ3v) is 21.2. The summed E-state index contributed by atoms with van der Waals surface area (Å²) < 4.78 is 28.8. The molecular weight excluding hydrogens is 787 g/mol. The molecule has 0 aromatic rings. The van der Waals surface area contributed by atoms with Crippen molar-refractivity contribution in [1.82, 2.24) is 14.9 Å². The number of sulfonamides is 1. The van der Waals surface area contributed by atoms with E-state index in [0.29, 0.717) is 57.4 Å². The Labute approximate surface area is 368 Å². The Morgan fingerprint density at radius 2 is 1.46 bits per heavy atom. The molecule has 0 aromatic carbocycles. The largest absolute Gasteiger partial charge is 0.346 e. The summed E-state index contributed by atoms with van der Waals surface area (Å²) in [7, 11) is -3.91. The average molecular weight is 868 g/mol.